The first-order valence-corrected chi connectivity index (χ1v) is 9.08. The molecule has 0 unspecified atom stereocenters. The molecule has 138 valence electrons. The zero-order valence-electron chi connectivity index (χ0n) is 14.7. The van der Waals surface area contributed by atoms with E-state index in [-0.39, 0.29) is 24.8 Å². The van der Waals surface area contributed by atoms with Crippen molar-refractivity contribution in [1.29, 1.82) is 0 Å². The maximum Gasteiger partial charge on any atom is 0.276 e. The molecule has 0 bridgehead atoms. The number of nitrogens with one attached hydrogen (secondary N) is 2. The van der Waals surface area contributed by atoms with Crippen molar-refractivity contribution in [3.8, 4) is 5.75 Å². The maximum atomic E-state index is 12.8. The van der Waals surface area contributed by atoms with E-state index in [2.05, 4.69) is 36.8 Å². The van der Waals surface area contributed by atoms with Crippen LogP contribution in [0.25, 0.3) is 0 Å². The number of hydrazine groups is 1. The molecular formula is C19H21FN2O3S. The lowest BCUT2D eigenvalue weighted by atomic mass is 10.1. The maximum absolute atomic E-state index is 12.8. The summed E-state index contributed by atoms with van der Waals surface area (Å²) in [5.41, 5.74) is 7.07. The summed E-state index contributed by atoms with van der Waals surface area (Å²) < 4.78 is 17.9. The second-order valence-corrected chi connectivity index (χ2v) is 6.85. The Balaban J connectivity index is 1.62. The molecule has 2 aromatic rings. The van der Waals surface area contributed by atoms with Gasteiger partial charge in [0.1, 0.15) is 11.6 Å². The molecule has 0 aliphatic heterocycles. The third-order valence-electron chi connectivity index (χ3n) is 3.60. The van der Waals surface area contributed by atoms with E-state index in [0.717, 1.165) is 4.90 Å². The second kappa shape index (κ2) is 9.82. The van der Waals surface area contributed by atoms with E-state index in [1.165, 1.54) is 35.4 Å². The minimum atomic E-state index is -0.496. The lowest BCUT2D eigenvalue weighted by molar-refractivity contribution is -0.129. The van der Waals surface area contributed by atoms with E-state index >= 15 is 0 Å². The van der Waals surface area contributed by atoms with Gasteiger partial charge in [-0.2, -0.15) is 0 Å². The van der Waals surface area contributed by atoms with Crippen molar-refractivity contribution in [2.45, 2.75) is 25.2 Å². The van der Waals surface area contributed by atoms with Crippen LogP contribution in [0.4, 0.5) is 4.39 Å². The number of rotatable bonds is 7. The minimum Gasteiger partial charge on any atom is -0.484 e. The molecule has 0 heterocycles. The van der Waals surface area contributed by atoms with Crippen molar-refractivity contribution in [2.75, 3.05) is 12.4 Å². The van der Waals surface area contributed by atoms with Crippen LogP contribution in [-0.2, 0) is 9.59 Å². The SMILES string of the molecule is Cc1ccc(SCCC(=O)NNC(=O)COc2ccc(F)cc2)cc1C. The van der Waals surface area contributed by atoms with Gasteiger partial charge in [-0.15, -0.1) is 11.8 Å². The fourth-order valence-corrected chi connectivity index (χ4v) is 2.93. The van der Waals surface area contributed by atoms with Gasteiger partial charge >= 0.3 is 0 Å². The summed E-state index contributed by atoms with van der Waals surface area (Å²) in [4.78, 5) is 24.5. The summed E-state index contributed by atoms with van der Waals surface area (Å²) in [6.45, 7) is 3.83. The molecule has 0 aliphatic carbocycles. The predicted octanol–water partition coefficient (Wildman–Crippen LogP) is 3.15. The largest absolute Gasteiger partial charge is 0.484 e. The molecule has 0 radical (unpaired) electrons. The van der Waals surface area contributed by atoms with Crippen LogP contribution in [0.1, 0.15) is 17.5 Å². The highest BCUT2D eigenvalue weighted by atomic mass is 32.2. The minimum absolute atomic E-state index is 0.274. The quantitative estimate of drug-likeness (QED) is 0.575. The van der Waals surface area contributed by atoms with Crippen molar-refractivity contribution in [2.24, 2.45) is 0 Å². The van der Waals surface area contributed by atoms with Gasteiger partial charge in [0.2, 0.25) is 5.91 Å². The van der Waals surface area contributed by atoms with Crippen molar-refractivity contribution in [3.63, 3.8) is 0 Å². The highest BCUT2D eigenvalue weighted by molar-refractivity contribution is 7.99. The van der Waals surface area contributed by atoms with Gasteiger partial charge in [0.05, 0.1) is 0 Å². The van der Waals surface area contributed by atoms with Crippen LogP contribution < -0.4 is 15.6 Å². The summed E-state index contributed by atoms with van der Waals surface area (Å²) in [6.07, 6.45) is 0.274. The molecule has 2 rings (SSSR count). The highest BCUT2D eigenvalue weighted by Gasteiger charge is 2.06. The average Bonchev–Trinajstić information content (AvgIpc) is 2.62. The summed E-state index contributed by atoms with van der Waals surface area (Å²) in [6, 6.07) is 11.5. The topological polar surface area (TPSA) is 67.4 Å². The monoisotopic (exact) mass is 376 g/mol. The molecule has 0 aliphatic rings. The van der Waals surface area contributed by atoms with E-state index in [9.17, 15) is 14.0 Å². The van der Waals surface area contributed by atoms with E-state index in [0.29, 0.717) is 11.5 Å². The standard InChI is InChI=1S/C19H21FN2O3S/c1-13-3-8-17(11-14(13)2)26-10-9-18(23)21-22-19(24)12-25-16-6-4-15(20)5-7-16/h3-8,11H,9-10,12H2,1-2H3,(H,21,23)(H,22,24). The number of carbonyl (C=O) groups excluding carboxylic acids is 2. The Morgan fingerprint density at radius 2 is 1.69 bits per heavy atom. The first kappa shape index (κ1) is 19.8. The number of halogens is 1. The van der Waals surface area contributed by atoms with Crippen molar-refractivity contribution in [1.82, 2.24) is 10.9 Å². The zero-order chi connectivity index (χ0) is 18.9. The zero-order valence-corrected chi connectivity index (χ0v) is 15.5. The summed E-state index contributed by atoms with van der Waals surface area (Å²) in [5, 5.41) is 0. The smallest absolute Gasteiger partial charge is 0.276 e. The van der Waals surface area contributed by atoms with Crippen LogP contribution in [-0.4, -0.2) is 24.2 Å². The van der Waals surface area contributed by atoms with Crippen molar-refractivity contribution < 1.29 is 18.7 Å². The lowest BCUT2D eigenvalue weighted by Gasteiger charge is -2.09. The molecule has 0 saturated carbocycles. The van der Waals surface area contributed by atoms with E-state index in [4.69, 9.17) is 4.74 Å². The number of hydrogen-bond donors (Lipinski definition) is 2. The summed E-state index contributed by atoms with van der Waals surface area (Å²) in [5.74, 6) is -0.178. The molecule has 7 heteroatoms. The van der Waals surface area contributed by atoms with Crippen LogP contribution in [0, 0.1) is 19.7 Å². The second-order valence-electron chi connectivity index (χ2n) is 5.68. The number of aryl methyl sites for hydroxylation is 2. The molecular weight excluding hydrogens is 355 g/mol. The summed E-state index contributed by atoms with van der Waals surface area (Å²) in [7, 11) is 0. The fourth-order valence-electron chi connectivity index (χ4n) is 1.98. The number of carbonyl (C=O) groups is 2. The molecule has 2 N–H and O–H groups in total. The average molecular weight is 376 g/mol. The molecule has 0 atom stereocenters. The van der Waals surface area contributed by atoms with Gasteiger partial charge in [0.15, 0.2) is 6.61 Å². The Hall–Kier alpha value is -2.54. The number of amides is 2. The predicted molar refractivity (Wildman–Crippen MR) is 99.4 cm³/mol. The van der Waals surface area contributed by atoms with Gasteiger partial charge in [-0.3, -0.25) is 20.4 Å². The van der Waals surface area contributed by atoms with Crippen LogP contribution in [0.3, 0.4) is 0 Å². The molecule has 0 fully saturated rings. The van der Waals surface area contributed by atoms with E-state index < -0.39 is 5.91 Å². The highest BCUT2D eigenvalue weighted by Crippen LogP contribution is 2.21. The Morgan fingerprint density at radius 1 is 1.00 bits per heavy atom. The normalized spacial score (nSPS) is 10.3. The first-order valence-electron chi connectivity index (χ1n) is 8.10. The van der Waals surface area contributed by atoms with Gasteiger partial charge in [-0.25, -0.2) is 4.39 Å². The van der Waals surface area contributed by atoms with Gasteiger partial charge < -0.3 is 4.74 Å². The molecule has 2 amide bonds. The third-order valence-corrected chi connectivity index (χ3v) is 4.60. The molecule has 0 aromatic heterocycles. The Bertz CT molecular complexity index is 766. The van der Waals surface area contributed by atoms with Gasteiger partial charge in [0, 0.05) is 17.1 Å². The van der Waals surface area contributed by atoms with Crippen LogP contribution >= 0.6 is 11.8 Å². The Kier molecular flexibility index (Phi) is 7.47. The molecule has 0 spiro atoms. The molecule has 5 nitrogen and oxygen atoms in total. The Labute approximate surface area is 156 Å². The number of benzene rings is 2. The van der Waals surface area contributed by atoms with Crippen LogP contribution in [0.2, 0.25) is 0 Å². The number of hydrogen-bond acceptors (Lipinski definition) is 4. The fraction of sp³-hybridized carbons (Fsp3) is 0.263. The van der Waals surface area contributed by atoms with Crippen LogP contribution in [0.5, 0.6) is 5.75 Å². The van der Waals surface area contributed by atoms with Gasteiger partial charge in [0.25, 0.3) is 5.91 Å². The first-order chi connectivity index (χ1) is 12.4. The molecule has 0 saturated heterocycles. The van der Waals surface area contributed by atoms with E-state index in [1.54, 1.807) is 11.8 Å². The Morgan fingerprint density at radius 3 is 2.38 bits per heavy atom. The third kappa shape index (κ3) is 6.76. The van der Waals surface area contributed by atoms with E-state index in [1.807, 2.05) is 6.07 Å². The number of thioether (sulfide) groups is 1. The molecule has 26 heavy (non-hydrogen) atoms. The van der Waals surface area contributed by atoms with Crippen molar-refractivity contribution >= 4 is 23.6 Å². The number of ether oxygens (including phenoxy) is 1. The molecule has 2 aromatic carbocycles. The van der Waals surface area contributed by atoms with Crippen molar-refractivity contribution in [3.05, 3.63) is 59.4 Å². The van der Waals surface area contributed by atoms with Crippen LogP contribution in [0.15, 0.2) is 47.4 Å². The van der Waals surface area contributed by atoms with Gasteiger partial charge in [-0.1, -0.05) is 6.07 Å². The van der Waals surface area contributed by atoms with Gasteiger partial charge in [-0.05, 0) is 61.4 Å². The lowest BCUT2D eigenvalue weighted by Crippen LogP contribution is -2.43. The summed E-state index contributed by atoms with van der Waals surface area (Å²) >= 11 is 1.59.